The Bertz CT molecular complexity index is 1190. The number of carbonyl (C=O) groups excluding carboxylic acids is 2. The number of amides is 2. The Morgan fingerprint density at radius 1 is 1.09 bits per heavy atom. The molecule has 2 aromatic rings. The predicted octanol–water partition coefficient (Wildman–Crippen LogP) is 4.48. The van der Waals surface area contributed by atoms with E-state index in [1.165, 1.54) is 41.3 Å². The van der Waals surface area contributed by atoms with Crippen molar-refractivity contribution < 1.29 is 22.4 Å². The third-order valence-electron chi connectivity index (χ3n) is 5.92. The summed E-state index contributed by atoms with van der Waals surface area (Å²) in [6.45, 7) is 1.86. The summed E-state index contributed by atoms with van der Waals surface area (Å²) in [7, 11) is -4.02. The maximum atomic E-state index is 13.3. The summed E-state index contributed by atoms with van der Waals surface area (Å²) in [5.41, 5.74) is 1.34. The fourth-order valence-electron chi connectivity index (χ4n) is 4.13. The first-order chi connectivity index (χ1) is 16.2. The van der Waals surface area contributed by atoms with Crippen molar-refractivity contribution in [3.8, 4) is 0 Å². The SMILES string of the molecule is Cc1ccc(S(=O)(=O)/N=C2/SC(CC(=O)Nc3ccc(F)cc3)C(=O)N2C2CCCCC2)cc1. The van der Waals surface area contributed by atoms with E-state index in [1.807, 2.05) is 6.92 Å². The van der Waals surface area contributed by atoms with Gasteiger partial charge >= 0.3 is 0 Å². The number of benzene rings is 2. The van der Waals surface area contributed by atoms with Crippen LogP contribution in [0.5, 0.6) is 0 Å². The highest BCUT2D eigenvalue weighted by Crippen LogP contribution is 2.36. The van der Waals surface area contributed by atoms with Crippen LogP contribution in [0, 0.1) is 12.7 Å². The smallest absolute Gasteiger partial charge is 0.284 e. The van der Waals surface area contributed by atoms with Gasteiger partial charge in [0, 0.05) is 18.2 Å². The monoisotopic (exact) mass is 503 g/mol. The zero-order valence-electron chi connectivity index (χ0n) is 18.7. The molecule has 1 N–H and O–H groups in total. The van der Waals surface area contributed by atoms with Crippen molar-refractivity contribution in [3.05, 3.63) is 59.9 Å². The van der Waals surface area contributed by atoms with Gasteiger partial charge in [-0.3, -0.25) is 14.5 Å². The van der Waals surface area contributed by atoms with Crippen LogP contribution >= 0.6 is 11.8 Å². The molecule has 1 saturated carbocycles. The molecule has 7 nitrogen and oxygen atoms in total. The Balaban J connectivity index is 1.57. The van der Waals surface area contributed by atoms with Gasteiger partial charge in [0.25, 0.3) is 10.0 Å². The molecule has 1 aliphatic carbocycles. The number of sulfonamides is 1. The van der Waals surface area contributed by atoms with E-state index in [9.17, 15) is 22.4 Å². The third-order valence-corrected chi connectivity index (χ3v) is 8.47. The van der Waals surface area contributed by atoms with Gasteiger partial charge in [-0.2, -0.15) is 8.42 Å². The largest absolute Gasteiger partial charge is 0.326 e. The van der Waals surface area contributed by atoms with Crippen LogP contribution in [0.15, 0.2) is 57.8 Å². The lowest BCUT2D eigenvalue weighted by molar-refractivity contribution is -0.130. The predicted molar refractivity (Wildman–Crippen MR) is 131 cm³/mol. The first kappa shape index (κ1) is 24.4. The molecule has 2 fully saturated rings. The number of hydrogen-bond donors (Lipinski definition) is 1. The highest BCUT2D eigenvalue weighted by molar-refractivity contribution is 8.16. The van der Waals surface area contributed by atoms with Gasteiger partial charge in [-0.05, 0) is 56.2 Å². The van der Waals surface area contributed by atoms with E-state index in [1.54, 1.807) is 12.1 Å². The average molecular weight is 504 g/mol. The molecule has 1 aliphatic heterocycles. The van der Waals surface area contributed by atoms with Gasteiger partial charge in [0.2, 0.25) is 11.8 Å². The second-order valence-corrected chi connectivity index (χ2v) is 11.3. The van der Waals surface area contributed by atoms with E-state index < -0.39 is 27.0 Å². The van der Waals surface area contributed by atoms with Crippen molar-refractivity contribution in [2.24, 2.45) is 4.40 Å². The Kier molecular flexibility index (Phi) is 7.37. The lowest BCUT2D eigenvalue weighted by Crippen LogP contribution is -2.42. The molecule has 1 unspecified atom stereocenters. The Morgan fingerprint density at radius 2 is 1.74 bits per heavy atom. The Morgan fingerprint density at radius 3 is 2.38 bits per heavy atom. The summed E-state index contributed by atoms with van der Waals surface area (Å²) in [5.74, 6) is -1.13. The van der Waals surface area contributed by atoms with Gasteiger partial charge in [0.1, 0.15) is 11.1 Å². The highest BCUT2D eigenvalue weighted by atomic mass is 32.2. The van der Waals surface area contributed by atoms with Crippen molar-refractivity contribution in [1.82, 2.24) is 4.90 Å². The Labute approximate surface area is 202 Å². The van der Waals surface area contributed by atoms with E-state index >= 15 is 0 Å². The van der Waals surface area contributed by atoms with Gasteiger partial charge in [-0.1, -0.05) is 48.7 Å². The molecule has 1 atom stereocenters. The van der Waals surface area contributed by atoms with Crippen LogP contribution in [0.25, 0.3) is 0 Å². The Hall–Kier alpha value is -2.72. The van der Waals surface area contributed by atoms with Crippen molar-refractivity contribution in [2.45, 2.75) is 61.6 Å². The quantitative estimate of drug-likeness (QED) is 0.627. The molecular formula is C24H26FN3O4S2. The minimum absolute atomic E-state index is 0.0553. The standard InChI is InChI=1S/C24H26FN3O4S2/c1-16-7-13-20(14-8-16)34(31,32)27-24-28(19-5-3-2-4-6-19)23(30)21(33-24)15-22(29)26-18-11-9-17(25)10-12-18/h7-14,19,21H,2-6,15H2,1H3,(H,26,29)/b27-24+. The molecule has 34 heavy (non-hydrogen) atoms. The lowest BCUT2D eigenvalue weighted by atomic mass is 9.94. The summed E-state index contributed by atoms with van der Waals surface area (Å²) < 4.78 is 43.1. The zero-order chi connectivity index (χ0) is 24.3. The van der Waals surface area contributed by atoms with Crippen LogP contribution in [-0.2, 0) is 19.6 Å². The molecule has 10 heteroatoms. The van der Waals surface area contributed by atoms with Gasteiger partial charge in [-0.25, -0.2) is 4.39 Å². The number of hydrogen-bond acceptors (Lipinski definition) is 5. The number of anilines is 1. The average Bonchev–Trinajstić information content (AvgIpc) is 3.10. The fraction of sp³-hybridized carbons (Fsp3) is 0.375. The van der Waals surface area contributed by atoms with Crippen molar-refractivity contribution in [2.75, 3.05) is 5.32 Å². The maximum absolute atomic E-state index is 13.3. The highest BCUT2D eigenvalue weighted by Gasteiger charge is 2.43. The van der Waals surface area contributed by atoms with Crippen LogP contribution in [0.4, 0.5) is 10.1 Å². The number of thioether (sulfide) groups is 1. The summed E-state index contributed by atoms with van der Waals surface area (Å²) in [6, 6.07) is 11.6. The second kappa shape index (κ2) is 10.3. The van der Waals surface area contributed by atoms with Crippen LogP contribution in [0.1, 0.15) is 44.1 Å². The molecule has 180 valence electrons. The van der Waals surface area contributed by atoms with E-state index in [0.717, 1.165) is 49.4 Å². The molecule has 2 amide bonds. The molecule has 0 bridgehead atoms. The lowest BCUT2D eigenvalue weighted by Gasteiger charge is -2.30. The number of nitrogens with zero attached hydrogens (tertiary/aromatic N) is 2. The van der Waals surface area contributed by atoms with Crippen LogP contribution in [-0.4, -0.2) is 41.6 Å². The number of rotatable bonds is 6. The van der Waals surface area contributed by atoms with Crippen molar-refractivity contribution >= 4 is 44.5 Å². The number of amidine groups is 1. The number of halogens is 1. The second-order valence-electron chi connectivity index (χ2n) is 8.53. The van der Waals surface area contributed by atoms with Gasteiger partial charge < -0.3 is 5.32 Å². The summed E-state index contributed by atoms with van der Waals surface area (Å²) in [6.07, 6.45) is 4.37. The molecule has 0 spiro atoms. The fourth-order valence-corrected chi connectivity index (χ4v) is 6.53. The first-order valence-corrected chi connectivity index (χ1v) is 13.5. The minimum atomic E-state index is -4.02. The van der Waals surface area contributed by atoms with Gasteiger partial charge in [0.05, 0.1) is 4.90 Å². The third kappa shape index (κ3) is 5.67. The number of nitrogens with one attached hydrogen (secondary N) is 1. The minimum Gasteiger partial charge on any atom is -0.326 e. The normalized spacial score (nSPS) is 20.6. The molecule has 2 aliphatic rings. The molecule has 2 aromatic carbocycles. The first-order valence-electron chi connectivity index (χ1n) is 11.2. The number of aryl methyl sites for hydroxylation is 1. The van der Waals surface area contributed by atoms with E-state index in [2.05, 4.69) is 9.71 Å². The van der Waals surface area contributed by atoms with E-state index in [-0.39, 0.29) is 28.4 Å². The van der Waals surface area contributed by atoms with Gasteiger partial charge in [0.15, 0.2) is 5.17 Å². The topological polar surface area (TPSA) is 95.9 Å². The molecule has 0 radical (unpaired) electrons. The maximum Gasteiger partial charge on any atom is 0.284 e. The van der Waals surface area contributed by atoms with E-state index in [0.29, 0.717) is 5.69 Å². The van der Waals surface area contributed by atoms with Crippen LogP contribution in [0.3, 0.4) is 0 Å². The van der Waals surface area contributed by atoms with Crippen molar-refractivity contribution in [1.29, 1.82) is 0 Å². The van der Waals surface area contributed by atoms with Crippen molar-refractivity contribution in [3.63, 3.8) is 0 Å². The zero-order valence-corrected chi connectivity index (χ0v) is 20.4. The molecule has 4 rings (SSSR count). The molecule has 0 aromatic heterocycles. The molecule has 1 heterocycles. The summed E-state index contributed by atoms with van der Waals surface area (Å²) >= 11 is 1.01. The van der Waals surface area contributed by atoms with Crippen LogP contribution in [0.2, 0.25) is 0 Å². The molecular weight excluding hydrogens is 477 g/mol. The number of carbonyl (C=O) groups is 2. The summed E-state index contributed by atoms with van der Waals surface area (Å²) in [5, 5.41) is 2.00. The van der Waals surface area contributed by atoms with E-state index in [4.69, 9.17) is 0 Å². The van der Waals surface area contributed by atoms with Gasteiger partial charge in [-0.15, -0.1) is 4.40 Å². The van der Waals surface area contributed by atoms with Crippen LogP contribution < -0.4 is 5.32 Å². The molecule has 1 saturated heterocycles. The summed E-state index contributed by atoms with van der Waals surface area (Å²) in [4.78, 5) is 27.4.